The van der Waals surface area contributed by atoms with Gasteiger partial charge in [0.15, 0.2) is 0 Å². The maximum Gasteiger partial charge on any atom is 0.215 e. The highest BCUT2D eigenvalue weighted by atomic mass is 32.2. The molecule has 1 fully saturated rings. The minimum atomic E-state index is -3.19. The van der Waals surface area contributed by atoms with Gasteiger partial charge in [0.2, 0.25) is 10.0 Å². The molecule has 5 heteroatoms. The van der Waals surface area contributed by atoms with Gasteiger partial charge >= 0.3 is 0 Å². The Hall–Kier alpha value is -0.130. The van der Waals surface area contributed by atoms with Crippen LogP contribution in [0, 0.1) is 5.92 Å². The maximum atomic E-state index is 12.0. The first kappa shape index (κ1) is 14.9. The molecule has 0 spiro atoms. The molecular weight excluding hydrogens is 236 g/mol. The molecule has 102 valence electrons. The van der Waals surface area contributed by atoms with E-state index in [1.807, 2.05) is 20.8 Å². The van der Waals surface area contributed by atoms with Crippen LogP contribution in [0.15, 0.2) is 0 Å². The molecular formula is C12H26N2O2S. The van der Waals surface area contributed by atoms with Crippen LogP contribution >= 0.6 is 0 Å². The van der Waals surface area contributed by atoms with Crippen molar-refractivity contribution in [2.45, 2.75) is 64.3 Å². The molecule has 0 amide bonds. The van der Waals surface area contributed by atoms with Crippen LogP contribution in [0.5, 0.6) is 0 Å². The van der Waals surface area contributed by atoms with Gasteiger partial charge in [-0.15, -0.1) is 0 Å². The molecule has 1 saturated carbocycles. The van der Waals surface area contributed by atoms with E-state index >= 15 is 0 Å². The lowest BCUT2D eigenvalue weighted by atomic mass is 9.81. The zero-order chi connectivity index (χ0) is 13.1. The van der Waals surface area contributed by atoms with Crippen molar-refractivity contribution in [3.8, 4) is 0 Å². The van der Waals surface area contributed by atoms with E-state index in [1.54, 1.807) is 6.92 Å². The fraction of sp³-hybridized carbons (Fsp3) is 1.00. The first-order valence-corrected chi connectivity index (χ1v) is 8.12. The van der Waals surface area contributed by atoms with Gasteiger partial charge in [0.1, 0.15) is 0 Å². The van der Waals surface area contributed by atoms with Gasteiger partial charge in [-0.2, -0.15) is 0 Å². The molecule has 0 bridgehead atoms. The fourth-order valence-electron chi connectivity index (χ4n) is 1.92. The van der Waals surface area contributed by atoms with Crippen molar-refractivity contribution >= 4 is 10.0 Å². The standard InChI is InChI=1S/C12H26N2O2S/c1-9(2)13-8-10(3)17(15,16)14-11(4)12-6-5-7-12/h9-14H,5-8H2,1-4H3. The highest BCUT2D eigenvalue weighted by molar-refractivity contribution is 7.90. The summed E-state index contributed by atoms with van der Waals surface area (Å²) in [4.78, 5) is 0. The number of nitrogens with one attached hydrogen (secondary N) is 2. The highest BCUT2D eigenvalue weighted by Gasteiger charge is 2.29. The lowest BCUT2D eigenvalue weighted by molar-refractivity contribution is 0.260. The van der Waals surface area contributed by atoms with E-state index in [-0.39, 0.29) is 11.3 Å². The normalized spacial score (nSPS) is 21.2. The Labute approximate surface area is 106 Å². The maximum absolute atomic E-state index is 12.0. The van der Waals surface area contributed by atoms with Gasteiger partial charge in [-0.1, -0.05) is 20.3 Å². The molecule has 1 aliphatic carbocycles. The molecule has 0 aromatic rings. The predicted octanol–water partition coefficient (Wildman–Crippen LogP) is 1.48. The van der Waals surface area contributed by atoms with Crippen molar-refractivity contribution in [1.29, 1.82) is 0 Å². The third-order valence-corrected chi connectivity index (χ3v) is 5.48. The van der Waals surface area contributed by atoms with Crippen molar-refractivity contribution in [2.75, 3.05) is 6.54 Å². The van der Waals surface area contributed by atoms with Gasteiger partial charge in [0.05, 0.1) is 5.25 Å². The van der Waals surface area contributed by atoms with Gasteiger partial charge in [0.25, 0.3) is 0 Å². The van der Waals surface area contributed by atoms with Crippen LogP contribution in [0.1, 0.15) is 47.0 Å². The van der Waals surface area contributed by atoms with E-state index in [9.17, 15) is 8.42 Å². The second-order valence-corrected chi connectivity index (χ2v) is 7.65. The SMILES string of the molecule is CC(C)NCC(C)S(=O)(=O)NC(C)C1CCC1. The molecule has 2 atom stereocenters. The van der Waals surface area contributed by atoms with Gasteiger partial charge in [-0.25, -0.2) is 13.1 Å². The molecule has 0 heterocycles. The molecule has 0 aromatic heterocycles. The van der Waals surface area contributed by atoms with Gasteiger partial charge in [-0.3, -0.25) is 0 Å². The van der Waals surface area contributed by atoms with E-state index in [2.05, 4.69) is 10.0 Å². The van der Waals surface area contributed by atoms with Crippen LogP contribution in [0.25, 0.3) is 0 Å². The van der Waals surface area contributed by atoms with Gasteiger partial charge in [-0.05, 0) is 32.6 Å². The Morgan fingerprint density at radius 2 is 1.76 bits per heavy atom. The van der Waals surface area contributed by atoms with E-state index in [0.29, 0.717) is 18.5 Å². The van der Waals surface area contributed by atoms with Gasteiger partial charge in [0, 0.05) is 18.6 Å². The first-order chi connectivity index (χ1) is 7.83. The summed E-state index contributed by atoms with van der Waals surface area (Å²) in [6.07, 6.45) is 3.55. The van der Waals surface area contributed by atoms with E-state index < -0.39 is 10.0 Å². The summed E-state index contributed by atoms with van der Waals surface area (Å²) >= 11 is 0. The number of hydrogen-bond donors (Lipinski definition) is 2. The molecule has 0 aromatic carbocycles. The van der Waals surface area contributed by atoms with Crippen LogP contribution in [0.2, 0.25) is 0 Å². The molecule has 2 unspecified atom stereocenters. The fourth-order valence-corrected chi connectivity index (χ4v) is 3.18. The quantitative estimate of drug-likeness (QED) is 0.730. The smallest absolute Gasteiger partial charge is 0.215 e. The monoisotopic (exact) mass is 262 g/mol. The zero-order valence-electron chi connectivity index (χ0n) is 11.4. The van der Waals surface area contributed by atoms with Crippen molar-refractivity contribution in [1.82, 2.24) is 10.0 Å². The number of hydrogen-bond acceptors (Lipinski definition) is 3. The molecule has 17 heavy (non-hydrogen) atoms. The van der Waals surface area contributed by atoms with E-state index in [0.717, 1.165) is 12.8 Å². The summed E-state index contributed by atoms with van der Waals surface area (Å²) in [6, 6.07) is 0.395. The summed E-state index contributed by atoms with van der Waals surface area (Å²) in [7, 11) is -3.19. The predicted molar refractivity (Wildman–Crippen MR) is 71.5 cm³/mol. The third-order valence-electron chi connectivity index (χ3n) is 3.55. The van der Waals surface area contributed by atoms with Crippen LogP contribution in [-0.4, -0.2) is 32.3 Å². The Balaban J connectivity index is 2.43. The average molecular weight is 262 g/mol. The summed E-state index contributed by atoms with van der Waals surface area (Å²) in [5.41, 5.74) is 0. The second-order valence-electron chi connectivity index (χ2n) is 5.52. The lowest BCUT2D eigenvalue weighted by Crippen LogP contribution is -2.47. The van der Waals surface area contributed by atoms with Crippen molar-refractivity contribution in [3.05, 3.63) is 0 Å². The Bertz CT molecular complexity index is 323. The van der Waals surface area contributed by atoms with E-state index in [4.69, 9.17) is 0 Å². The van der Waals surface area contributed by atoms with Crippen LogP contribution in [0.4, 0.5) is 0 Å². The Kier molecular flexibility index (Phi) is 5.41. The van der Waals surface area contributed by atoms with E-state index in [1.165, 1.54) is 6.42 Å². The molecule has 0 aliphatic heterocycles. The highest BCUT2D eigenvalue weighted by Crippen LogP contribution is 2.29. The number of sulfonamides is 1. The average Bonchev–Trinajstić information content (AvgIpc) is 2.09. The summed E-state index contributed by atoms with van der Waals surface area (Å²) in [5.74, 6) is 0.537. The molecule has 4 nitrogen and oxygen atoms in total. The molecule has 2 N–H and O–H groups in total. The molecule has 0 saturated heterocycles. The molecule has 1 aliphatic rings. The Morgan fingerprint density at radius 3 is 2.18 bits per heavy atom. The van der Waals surface area contributed by atoms with Gasteiger partial charge < -0.3 is 5.32 Å². The topological polar surface area (TPSA) is 58.2 Å². The third kappa shape index (κ3) is 4.56. The second kappa shape index (κ2) is 6.16. The molecule has 0 radical (unpaired) electrons. The van der Waals surface area contributed by atoms with Crippen molar-refractivity contribution in [2.24, 2.45) is 5.92 Å². The summed E-state index contributed by atoms with van der Waals surface area (Å²) in [6.45, 7) is 8.27. The zero-order valence-corrected chi connectivity index (χ0v) is 12.2. The summed E-state index contributed by atoms with van der Waals surface area (Å²) in [5, 5.41) is 2.78. The minimum Gasteiger partial charge on any atom is -0.313 e. The molecule has 1 rings (SSSR count). The Morgan fingerprint density at radius 1 is 1.18 bits per heavy atom. The van der Waals surface area contributed by atoms with Crippen LogP contribution < -0.4 is 10.0 Å². The first-order valence-electron chi connectivity index (χ1n) is 6.57. The number of rotatable bonds is 7. The summed E-state index contributed by atoms with van der Waals surface area (Å²) < 4.78 is 26.9. The largest absolute Gasteiger partial charge is 0.313 e. The van der Waals surface area contributed by atoms with Crippen molar-refractivity contribution < 1.29 is 8.42 Å². The minimum absolute atomic E-state index is 0.0789. The van der Waals surface area contributed by atoms with Crippen molar-refractivity contribution in [3.63, 3.8) is 0 Å². The van der Waals surface area contributed by atoms with Crippen LogP contribution in [-0.2, 0) is 10.0 Å². The van der Waals surface area contributed by atoms with Crippen LogP contribution in [0.3, 0.4) is 0 Å². The lowest BCUT2D eigenvalue weighted by Gasteiger charge is -2.32.